The molecule has 2 nitrogen and oxygen atoms in total. The van der Waals surface area contributed by atoms with E-state index in [0.717, 1.165) is 12.1 Å². The summed E-state index contributed by atoms with van der Waals surface area (Å²) >= 11 is 0. The fourth-order valence-electron chi connectivity index (χ4n) is 1.93. The second kappa shape index (κ2) is 2.71. The summed E-state index contributed by atoms with van der Waals surface area (Å²) in [6.07, 6.45) is 4.30. The zero-order valence-electron chi connectivity index (χ0n) is 8.26. The van der Waals surface area contributed by atoms with Gasteiger partial charge in [0.15, 0.2) is 0 Å². The fourth-order valence-corrected chi connectivity index (χ4v) is 1.93. The number of hydrogen-bond acceptors (Lipinski definition) is 2. The average Bonchev–Trinajstić information content (AvgIpc) is 2.49. The number of methoxy groups -OCH3 is 1. The van der Waals surface area contributed by atoms with Gasteiger partial charge in [-0.2, -0.15) is 0 Å². The lowest BCUT2D eigenvalue weighted by Gasteiger charge is -2.35. The van der Waals surface area contributed by atoms with Crippen LogP contribution in [0.5, 0.6) is 0 Å². The van der Waals surface area contributed by atoms with Crippen molar-refractivity contribution in [3.05, 3.63) is 0 Å². The van der Waals surface area contributed by atoms with Crippen LogP contribution in [0.1, 0.15) is 33.1 Å². The second-order valence-electron chi connectivity index (χ2n) is 4.94. The van der Waals surface area contributed by atoms with Gasteiger partial charge in [0.25, 0.3) is 0 Å². The number of ether oxygens (including phenoxy) is 1. The van der Waals surface area contributed by atoms with Gasteiger partial charge in [-0.3, -0.25) is 0 Å². The first-order valence-electron chi connectivity index (χ1n) is 4.90. The number of rotatable bonds is 3. The quantitative estimate of drug-likeness (QED) is 0.692. The van der Waals surface area contributed by atoms with Crippen molar-refractivity contribution in [3.63, 3.8) is 0 Å². The van der Waals surface area contributed by atoms with Crippen molar-refractivity contribution in [1.29, 1.82) is 0 Å². The molecule has 0 amide bonds. The maximum Gasteiger partial charge on any atom is 0.0601 e. The van der Waals surface area contributed by atoms with E-state index in [1.807, 2.05) is 7.11 Å². The molecular weight excluding hydrogens is 150 g/mol. The van der Waals surface area contributed by atoms with Gasteiger partial charge in [0.05, 0.1) is 6.10 Å². The molecule has 0 bridgehead atoms. The van der Waals surface area contributed by atoms with Crippen molar-refractivity contribution >= 4 is 0 Å². The van der Waals surface area contributed by atoms with Gasteiger partial charge >= 0.3 is 0 Å². The molecule has 0 aromatic rings. The van der Waals surface area contributed by atoms with E-state index in [2.05, 4.69) is 19.2 Å². The third-order valence-electron chi connectivity index (χ3n) is 3.38. The van der Waals surface area contributed by atoms with Crippen LogP contribution in [0, 0.1) is 5.41 Å². The van der Waals surface area contributed by atoms with Gasteiger partial charge in [-0.1, -0.05) is 13.8 Å². The Morgan fingerprint density at radius 3 is 2.33 bits per heavy atom. The van der Waals surface area contributed by atoms with Crippen LogP contribution in [0.15, 0.2) is 0 Å². The molecule has 2 rings (SSSR count). The molecule has 12 heavy (non-hydrogen) atoms. The van der Waals surface area contributed by atoms with Crippen LogP contribution in [0.4, 0.5) is 0 Å². The third-order valence-corrected chi connectivity index (χ3v) is 3.38. The molecule has 1 unspecified atom stereocenters. The van der Waals surface area contributed by atoms with Gasteiger partial charge in [0, 0.05) is 19.2 Å². The molecule has 70 valence electrons. The van der Waals surface area contributed by atoms with Crippen LogP contribution < -0.4 is 5.32 Å². The molecule has 0 heterocycles. The first-order valence-corrected chi connectivity index (χ1v) is 4.90. The van der Waals surface area contributed by atoms with Crippen LogP contribution >= 0.6 is 0 Å². The molecule has 0 aromatic carbocycles. The molecule has 2 saturated carbocycles. The molecular formula is C10H19NO. The summed E-state index contributed by atoms with van der Waals surface area (Å²) in [6.45, 7) is 4.66. The maximum atomic E-state index is 5.23. The summed E-state index contributed by atoms with van der Waals surface area (Å²) in [6, 6.07) is 1.52. The Balaban J connectivity index is 1.65. The van der Waals surface area contributed by atoms with Gasteiger partial charge < -0.3 is 10.1 Å². The maximum absolute atomic E-state index is 5.23. The molecule has 1 N–H and O–H groups in total. The molecule has 2 heteroatoms. The minimum absolute atomic E-state index is 0.532. The predicted octanol–water partition coefficient (Wildman–Crippen LogP) is 1.55. The highest BCUT2D eigenvalue weighted by Gasteiger charge is 2.47. The lowest BCUT2D eigenvalue weighted by atomic mass is 9.89. The molecule has 0 aromatic heterocycles. The molecule has 0 radical (unpaired) electrons. The summed E-state index contributed by atoms with van der Waals surface area (Å²) in [5, 5.41) is 3.66. The highest BCUT2D eigenvalue weighted by molar-refractivity contribution is 5.04. The summed E-state index contributed by atoms with van der Waals surface area (Å²) < 4.78 is 5.23. The van der Waals surface area contributed by atoms with Gasteiger partial charge in [-0.15, -0.1) is 0 Å². The Kier molecular flexibility index (Phi) is 1.92. The van der Waals surface area contributed by atoms with Crippen LogP contribution in [-0.4, -0.2) is 25.3 Å². The first-order chi connectivity index (χ1) is 5.62. The SMILES string of the molecule is COC1CC(NC2CC2(C)C)C1. The average molecular weight is 169 g/mol. The first kappa shape index (κ1) is 8.52. The van der Waals surface area contributed by atoms with Gasteiger partial charge in [-0.25, -0.2) is 0 Å². The highest BCUT2D eigenvalue weighted by Crippen LogP contribution is 2.45. The van der Waals surface area contributed by atoms with E-state index in [4.69, 9.17) is 4.74 Å². The normalized spacial score (nSPS) is 43.8. The second-order valence-corrected chi connectivity index (χ2v) is 4.94. The Bertz CT molecular complexity index is 173. The predicted molar refractivity (Wildman–Crippen MR) is 49.1 cm³/mol. The van der Waals surface area contributed by atoms with Gasteiger partial charge in [0.2, 0.25) is 0 Å². The van der Waals surface area contributed by atoms with Crippen LogP contribution in [0.3, 0.4) is 0 Å². The Morgan fingerprint density at radius 1 is 1.33 bits per heavy atom. The van der Waals surface area contributed by atoms with Gasteiger partial charge in [0.1, 0.15) is 0 Å². The zero-order chi connectivity index (χ0) is 8.77. The lowest BCUT2D eigenvalue weighted by Crippen LogP contribution is -2.46. The van der Waals surface area contributed by atoms with E-state index in [-0.39, 0.29) is 0 Å². The largest absolute Gasteiger partial charge is 0.381 e. The number of nitrogens with one attached hydrogen (secondary N) is 1. The minimum Gasteiger partial charge on any atom is -0.381 e. The standard InChI is InChI=1S/C10H19NO/c1-10(2)6-9(10)11-7-4-8(5-7)12-3/h7-9,11H,4-6H2,1-3H3. The molecule has 2 aliphatic carbocycles. The summed E-state index contributed by atoms with van der Waals surface area (Å²) in [5.41, 5.74) is 0.568. The molecule has 0 spiro atoms. The minimum atomic E-state index is 0.532. The summed E-state index contributed by atoms with van der Waals surface area (Å²) in [4.78, 5) is 0. The Hall–Kier alpha value is -0.0800. The van der Waals surface area contributed by atoms with E-state index in [0.29, 0.717) is 11.5 Å². The Morgan fingerprint density at radius 2 is 1.92 bits per heavy atom. The number of hydrogen-bond donors (Lipinski definition) is 1. The highest BCUT2D eigenvalue weighted by atomic mass is 16.5. The van der Waals surface area contributed by atoms with E-state index in [9.17, 15) is 0 Å². The van der Waals surface area contributed by atoms with E-state index in [1.54, 1.807) is 0 Å². The third kappa shape index (κ3) is 1.50. The van der Waals surface area contributed by atoms with Crippen molar-refractivity contribution in [3.8, 4) is 0 Å². The zero-order valence-corrected chi connectivity index (χ0v) is 8.26. The fraction of sp³-hybridized carbons (Fsp3) is 1.00. The molecule has 2 fully saturated rings. The van der Waals surface area contributed by atoms with Crippen molar-refractivity contribution in [1.82, 2.24) is 5.32 Å². The molecule has 0 saturated heterocycles. The topological polar surface area (TPSA) is 21.3 Å². The summed E-state index contributed by atoms with van der Waals surface area (Å²) in [7, 11) is 1.81. The van der Waals surface area contributed by atoms with Crippen molar-refractivity contribution < 1.29 is 4.74 Å². The smallest absolute Gasteiger partial charge is 0.0601 e. The lowest BCUT2D eigenvalue weighted by molar-refractivity contribution is 0.0161. The van der Waals surface area contributed by atoms with Crippen molar-refractivity contribution in [2.24, 2.45) is 5.41 Å². The Labute approximate surface area is 74.7 Å². The van der Waals surface area contributed by atoms with E-state index >= 15 is 0 Å². The molecule has 2 aliphatic rings. The van der Waals surface area contributed by atoms with Crippen molar-refractivity contribution in [2.45, 2.75) is 51.3 Å². The van der Waals surface area contributed by atoms with Crippen LogP contribution in [0.25, 0.3) is 0 Å². The monoisotopic (exact) mass is 169 g/mol. The van der Waals surface area contributed by atoms with Crippen LogP contribution in [-0.2, 0) is 4.74 Å². The summed E-state index contributed by atoms with van der Waals surface area (Å²) in [5.74, 6) is 0. The molecule has 0 aliphatic heterocycles. The van der Waals surface area contributed by atoms with Crippen molar-refractivity contribution in [2.75, 3.05) is 7.11 Å². The van der Waals surface area contributed by atoms with Gasteiger partial charge in [-0.05, 0) is 24.7 Å². The van der Waals surface area contributed by atoms with Crippen LogP contribution in [0.2, 0.25) is 0 Å². The van der Waals surface area contributed by atoms with E-state index < -0.39 is 0 Å². The van der Waals surface area contributed by atoms with E-state index in [1.165, 1.54) is 19.3 Å². The molecule has 1 atom stereocenters.